The quantitative estimate of drug-likeness (QED) is 0.666. The Morgan fingerprint density at radius 3 is 2.36 bits per heavy atom. The fourth-order valence-corrected chi connectivity index (χ4v) is 2.18. The van der Waals surface area contributed by atoms with Crippen molar-refractivity contribution in [1.29, 1.82) is 0 Å². The van der Waals surface area contributed by atoms with Crippen LogP contribution in [-0.4, -0.2) is 9.97 Å². The maximum Gasteiger partial charge on any atom is 0.196 e. The van der Waals surface area contributed by atoms with Crippen LogP contribution in [0, 0.1) is 24.4 Å². The average molecular weight is 344 g/mol. The molecule has 0 aliphatic carbocycles. The standard InChI is InChI=1S/C18H15F3N4/c1-11-2-4-12(5-3-11)9-22-15-8-16(24-10-23-15)25-14-7-6-13(19)17(20)18(14)21/h2-8,10H,9H2,1H3,(H2,22,23,24,25). The molecule has 0 unspecified atom stereocenters. The highest BCUT2D eigenvalue weighted by atomic mass is 19.2. The smallest absolute Gasteiger partial charge is 0.196 e. The van der Waals surface area contributed by atoms with E-state index in [2.05, 4.69) is 20.6 Å². The van der Waals surface area contributed by atoms with Crippen molar-refractivity contribution in [2.75, 3.05) is 10.6 Å². The van der Waals surface area contributed by atoms with Crippen LogP contribution < -0.4 is 10.6 Å². The van der Waals surface area contributed by atoms with Crippen LogP contribution in [0.2, 0.25) is 0 Å². The molecule has 0 amide bonds. The Morgan fingerprint density at radius 2 is 1.60 bits per heavy atom. The van der Waals surface area contributed by atoms with Gasteiger partial charge in [0.05, 0.1) is 5.69 Å². The van der Waals surface area contributed by atoms with Crippen LogP contribution in [0.1, 0.15) is 11.1 Å². The van der Waals surface area contributed by atoms with Crippen molar-refractivity contribution < 1.29 is 13.2 Å². The maximum absolute atomic E-state index is 13.7. The molecule has 0 saturated carbocycles. The summed E-state index contributed by atoms with van der Waals surface area (Å²) in [5.74, 6) is -3.30. The Hall–Kier alpha value is -3.09. The zero-order chi connectivity index (χ0) is 17.8. The molecular formula is C18H15F3N4. The third kappa shape index (κ3) is 4.06. The first kappa shape index (κ1) is 16.8. The van der Waals surface area contributed by atoms with Crippen LogP contribution in [-0.2, 0) is 6.54 Å². The number of hydrogen-bond acceptors (Lipinski definition) is 4. The summed E-state index contributed by atoms with van der Waals surface area (Å²) in [5.41, 5.74) is 2.04. The number of nitrogens with one attached hydrogen (secondary N) is 2. The van der Waals surface area contributed by atoms with Gasteiger partial charge in [-0.1, -0.05) is 29.8 Å². The first-order chi connectivity index (χ1) is 12.0. The van der Waals surface area contributed by atoms with Crippen LogP contribution in [0.5, 0.6) is 0 Å². The van der Waals surface area contributed by atoms with E-state index < -0.39 is 17.5 Å². The predicted molar refractivity (Wildman–Crippen MR) is 90.1 cm³/mol. The molecule has 2 N–H and O–H groups in total. The molecule has 7 heteroatoms. The number of benzene rings is 2. The minimum absolute atomic E-state index is 0.206. The minimum atomic E-state index is -1.53. The highest BCUT2D eigenvalue weighted by molar-refractivity contribution is 5.59. The SMILES string of the molecule is Cc1ccc(CNc2cc(Nc3ccc(F)c(F)c3F)ncn2)cc1. The second kappa shape index (κ2) is 7.21. The van der Waals surface area contributed by atoms with E-state index in [1.807, 2.05) is 31.2 Å². The van der Waals surface area contributed by atoms with Gasteiger partial charge in [0.25, 0.3) is 0 Å². The summed E-state index contributed by atoms with van der Waals surface area (Å²) >= 11 is 0. The number of hydrogen-bond donors (Lipinski definition) is 2. The number of nitrogens with zero attached hydrogens (tertiary/aromatic N) is 2. The second-order valence-electron chi connectivity index (χ2n) is 5.48. The monoisotopic (exact) mass is 344 g/mol. The van der Waals surface area contributed by atoms with Crippen LogP contribution in [0.3, 0.4) is 0 Å². The van der Waals surface area contributed by atoms with E-state index >= 15 is 0 Å². The van der Waals surface area contributed by atoms with Crippen molar-refractivity contribution in [2.45, 2.75) is 13.5 Å². The van der Waals surface area contributed by atoms with Gasteiger partial charge in [-0.2, -0.15) is 0 Å². The van der Waals surface area contributed by atoms with E-state index in [1.165, 1.54) is 11.9 Å². The summed E-state index contributed by atoms with van der Waals surface area (Å²) in [7, 11) is 0. The Kier molecular flexibility index (Phi) is 4.83. The molecule has 1 aromatic heterocycles. The van der Waals surface area contributed by atoms with Crippen LogP contribution in [0.25, 0.3) is 0 Å². The molecule has 0 fully saturated rings. The number of rotatable bonds is 5. The molecule has 0 aliphatic heterocycles. The summed E-state index contributed by atoms with van der Waals surface area (Å²) in [4.78, 5) is 8.03. The lowest BCUT2D eigenvalue weighted by atomic mass is 10.1. The van der Waals surface area contributed by atoms with Crippen LogP contribution in [0.4, 0.5) is 30.5 Å². The van der Waals surface area contributed by atoms with E-state index in [9.17, 15) is 13.2 Å². The van der Waals surface area contributed by atoms with Crippen molar-refractivity contribution in [2.24, 2.45) is 0 Å². The van der Waals surface area contributed by atoms with Gasteiger partial charge >= 0.3 is 0 Å². The van der Waals surface area contributed by atoms with E-state index in [1.54, 1.807) is 6.07 Å². The normalized spacial score (nSPS) is 10.6. The Morgan fingerprint density at radius 1 is 0.880 bits per heavy atom. The number of anilines is 3. The van der Waals surface area contributed by atoms with Gasteiger partial charge in [-0.15, -0.1) is 0 Å². The van der Waals surface area contributed by atoms with Gasteiger partial charge < -0.3 is 10.6 Å². The minimum Gasteiger partial charge on any atom is -0.366 e. The third-order valence-electron chi connectivity index (χ3n) is 3.56. The highest BCUT2D eigenvalue weighted by Crippen LogP contribution is 2.23. The maximum atomic E-state index is 13.7. The first-order valence-corrected chi connectivity index (χ1v) is 7.55. The zero-order valence-electron chi connectivity index (χ0n) is 13.4. The summed E-state index contributed by atoms with van der Waals surface area (Å²) in [6, 6.07) is 11.5. The molecule has 3 aromatic rings. The Balaban J connectivity index is 1.71. The molecule has 25 heavy (non-hydrogen) atoms. The fraction of sp³-hybridized carbons (Fsp3) is 0.111. The first-order valence-electron chi connectivity index (χ1n) is 7.55. The van der Waals surface area contributed by atoms with Crippen molar-refractivity contribution in [3.05, 3.63) is 77.4 Å². The molecule has 3 rings (SSSR count). The molecule has 0 saturated heterocycles. The third-order valence-corrected chi connectivity index (χ3v) is 3.56. The van der Waals surface area contributed by atoms with Crippen molar-refractivity contribution in [3.63, 3.8) is 0 Å². The Bertz CT molecular complexity index is 882. The molecule has 0 radical (unpaired) electrons. The lowest BCUT2D eigenvalue weighted by molar-refractivity contribution is 0.449. The summed E-state index contributed by atoms with van der Waals surface area (Å²) in [5, 5.41) is 5.74. The van der Waals surface area contributed by atoms with Gasteiger partial charge in [0, 0.05) is 12.6 Å². The van der Waals surface area contributed by atoms with Crippen molar-refractivity contribution >= 4 is 17.3 Å². The molecule has 0 atom stereocenters. The van der Waals surface area contributed by atoms with Crippen molar-refractivity contribution in [3.8, 4) is 0 Å². The molecule has 0 bridgehead atoms. The molecule has 128 valence electrons. The lowest BCUT2D eigenvalue weighted by Crippen LogP contribution is -2.04. The van der Waals surface area contributed by atoms with E-state index in [-0.39, 0.29) is 11.5 Å². The predicted octanol–water partition coefficient (Wildman–Crippen LogP) is 4.56. The number of halogens is 3. The Labute approximate surface area is 142 Å². The topological polar surface area (TPSA) is 49.8 Å². The van der Waals surface area contributed by atoms with Gasteiger partial charge in [-0.05, 0) is 24.6 Å². The lowest BCUT2D eigenvalue weighted by Gasteiger charge is -2.10. The fourth-order valence-electron chi connectivity index (χ4n) is 2.18. The van der Waals surface area contributed by atoms with E-state index in [0.29, 0.717) is 12.4 Å². The van der Waals surface area contributed by atoms with Gasteiger partial charge in [-0.25, -0.2) is 23.1 Å². The van der Waals surface area contributed by atoms with Gasteiger partial charge in [0.2, 0.25) is 0 Å². The van der Waals surface area contributed by atoms with Gasteiger partial charge in [0.1, 0.15) is 18.0 Å². The van der Waals surface area contributed by atoms with Crippen LogP contribution >= 0.6 is 0 Å². The number of aryl methyl sites for hydroxylation is 1. The number of aromatic nitrogens is 2. The second-order valence-corrected chi connectivity index (χ2v) is 5.48. The summed E-state index contributed by atoms with van der Waals surface area (Å²) < 4.78 is 40.0. The molecule has 4 nitrogen and oxygen atoms in total. The van der Waals surface area contributed by atoms with E-state index in [0.717, 1.165) is 17.7 Å². The van der Waals surface area contributed by atoms with E-state index in [4.69, 9.17) is 0 Å². The molecule has 2 aromatic carbocycles. The van der Waals surface area contributed by atoms with Crippen molar-refractivity contribution in [1.82, 2.24) is 9.97 Å². The molecule has 0 spiro atoms. The zero-order valence-corrected chi connectivity index (χ0v) is 13.4. The molecule has 1 heterocycles. The average Bonchev–Trinajstić information content (AvgIpc) is 2.62. The molecular weight excluding hydrogens is 329 g/mol. The van der Waals surface area contributed by atoms with Gasteiger partial charge in [0.15, 0.2) is 17.5 Å². The largest absolute Gasteiger partial charge is 0.366 e. The van der Waals surface area contributed by atoms with Gasteiger partial charge in [-0.3, -0.25) is 0 Å². The summed E-state index contributed by atoms with van der Waals surface area (Å²) in [6.45, 7) is 2.56. The highest BCUT2D eigenvalue weighted by Gasteiger charge is 2.13. The van der Waals surface area contributed by atoms with Crippen LogP contribution in [0.15, 0.2) is 48.8 Å². The summed E-state index contributed by atoms with van der Waals surface area (Å²) in [6.07, 6.45) is 1.29. The molecule has 0 aliphatic rings.